The molecule has 1 aromatic carbocycles. The molecule has 5 nitrogen and oxygen atoms in total. The molecule has 1 aromatic rings. The quantitative estimate of drug-likeness (QED) is 0.402. The Balaban J connectivity index is 3.00. The van der Waals surface area contributed by atoms with Crippen LogP contribution in [0.1, 0.15) is 18.9 Å². The normalized spacial score (nSPS) is 12.9. The van der Waals surface area contributed by atoms with Crippen LogP contribution in [0.15, 0.2) is 34.6 Å². The van der Waals surface area contributed by atoms with E-state index in [1.165, 1.54) is 6.07 Å². The van der Waals surface area contributed by atoms with Gasteiger partial charge in [0.2, 0.25) is 0 Å². The Kier molecular flexibility index (Phi) is 3.68. The Labute approximate surface area is 87.0 Å². The summed E-state index contributed by atoms with van der Waals surface area (Å²) in [5.41, 5.74) is 1.07. The van der Waals surface area contributed by atoms with Crippen molar-refractivity contribution in [3.8, 4) is 5.75 Å². The van der Waals surface area contributed by atoms with E-state index in [0.29, 0.717) is 11.3 Å². The van der Waals surface area contributed by atoms with E-state index in [9.17, 15) is 5.11 Å². The summed E-state index contributed by atoms with van der Waals surface area (Å²) in [6.07, 6.45) is 0.171. The van der Waals surface area contributed by atoms with Crippen LogP contribution < -0.4 is 0 Å². The van der Waals surface area contributed by atoms with Crippen molar-refractivity contribution < 1.29 is 15.5 Å². The monoisotopic (exact) mass is 208 g/mol. The van der Waals surface area contributed by atoms with Gasteiger partial charge in [-0.05, 0) is 19.1 Å². The van der Waals surface area contributed by atoms with Gasteiger partial charge in [0.1, 0.15) is 5.75 Å². The first-order chi connectivity index (χ1) is 7.19. The number of rotatable bonds is 3. The summed E-state index contributed by atoms with van der Waals surface area (Å²) in [6.45, 7) is 1.59. The average molecular weight is 208 g/mol. The predicted molar refractivity (Wildman–Crippen MR) is 55.9 cm³/mol. The third kappa shape index (κ3) is 2.70. The molecule has 0 spiro atoms. The van der Waals surface area contributed by atoms with Crippen LogP contribution in [-0.4, -0.2) is 26.9 Å². The van der Waals surface area contributed by atoms with Crippen LogP contribution in [0.2, 0.25) is 0 Å². The van der Waals surface area contributed by atoms with E-state index in [1.54, 1.807) is 25.1 Å². The van der Waals surface area contributed by atoms with E-state index in [-0.39, 0.29) is 17.9 Å². The second-order valence-electron chi connectivity index (χ2n) is 3.08. The first-order valence-electron chi connectivity index (χ1n) is 4.36. The minimum Gasteiger partial charge on any atom is -0.507 e. The van der Waals surface area contributed by atoms with Gasteiger partial charge < -0.3 is 15.5 Å². The maximum Gasteiger partial charge on any atom is 0.124 e. The van der Waals surface area contributed by atoms with Crippen LogP contribution in [0.4, 0.5) is 0 Å². The zero-order chi connectivity index (χ0) is 11.3. The van der Waals surface area contributed by atoms with Gasteiger partial charge in [0.25, 0.3) is 0 Å². The highest BCUT2D eigenvalue weighted by molar-refractivity contribution is 6.12. The SMILES string of the molecule is CC(C/C(=N\O)c1ccccc1O)=NO. The highest BCUT2D eigenvalue weighted by atomic mass is 16.4. The number of oxime groups is 2. The van der Waals surface area contributed by atoms with Crippen molar-refractivity contribution in [3.05, 3.63) is 29.8 Å². The molecular formula is C10H12N2O3. The maximum atomic E-state index is 9.50. The van der Waals surface area contributed by atoms with Crippen LogP contribution in [0, 0.1) is 0 Å². The summed E-state index contributed by atoms with van der Waals surface area (Å²) in [5.74, 6) is 0.0241. The van der Waals surface area contributed by atoms with Crippen molar-refractivity contribution in [2.75, 3.05) is 0 Å². The molecule has 0 saturated heterocycles. The molecule has 0 bridgehead atoms. The molecule has 0 heterocycles. The molecule has 0 atom stereocenters. The minimum atomic E-state index is 0.0241. The largest absolute Gasteiger partial charge is 0.507 e. The number of nitrogens with zero attached hydrogens (tertiary/aromatic N) is 2. The number of para-hydroxylation sites is 1. The van der Waals surface area contributed by atoms with Gasteiger partial charge in [0.15, 0.2) is 0 Å². The van der Waals surface area contributed by atoms with Crippen molar-refractivity contribution in [3.63, 3.8) is 0 Å². The first kappa shape index (κ1) is 11.0. The Hall–Kier alpha value is -2.04. The van der Waals surface area contributed by atoms with E-state index in [0.717, 1.165) is 0 Å². The maximum absolute atomic E-state index is 9.50. The molecule has 0 aliphatic carbocycles. The fourth-order valence-electron chi connectivity index (χ4n) is 1.18. The van der Waals surface area contributed by atoms with Crippen LogP contribution in [0.5, 0.6) is 5.75 Å². The van der Waals surface area contributed by atoms with Crippen molar-refractivity contribution in [2.45, 2.75) is 13.3 Å². The average Bonchev–Trinajstić information content (AvgIpc) is 2.26. The van der Waals surface area contributed by atoms with Gasteiger partial charge in [-0.15, -0.1) is 0 Å². The summed E-state index contributed by atoms with van der Waals surface area (Å²) >= 11 is 0. The molecule has 1 rings (SSSR count). The molecule has 5 heteroatoms. The summed E-state index contributed by atoms with van der Waals surface area (Å²) < 4.78 is 0. The molecule has 0 amide bonds. The summed E-state index contributed by atoms with van der Waals surface area (Å²) in [7, 11) is 0. The molecule has 0 radical (unpaired) electrons. The van der Waals surface area contributed by atoms with Crippen molar-refractivity contribution in [1.29, 1.82) is 0 Å². The number of hydrogen-bond donors (Lipinski definition) is 3. The standard InChI is InChI=1S/C10H12N2O3/c1-7(11-14)6-9(12-15)8-4-2-3-5-10(8)13/h2-5,13-15H,6H2,1H3/b11-7?,12-9+. The second-order valence-corrected chi connectivity index (χ2v) is 3.08. The molecule has 15 heavy (non-hydrogen) atoms. The summed E-state index contributed by atoms with van der Waals surface area (Å²) in [6, 6.07) is 6.49. The highest BCUT2D eigenvalue weighted by Gasteiger charge is 2.10. The smallest absolute Gasteiger partial charge is 0.124 e. The van der Waals surface area contributed by atoms with E-state index in [1.807, 2.05) is 0 Å². The number of hydrogen-bond acceptors (Lipinski definition) is 5. The van der Waals surface area contributed by atoms with Crippen LogP contribution in [0.25, 0.3) is 0 Å². The lowest BCUT2D eigenvalue weighted by atomic mass is 10.0. The zero-order valence-electron chi connectivity index (χ0n) is 8.25. The molecule has 0 aliphatic heterocycles. The first-order valence-corrected chi connectivity index (χ1v) is 4.36. The Morgan fingerprint density at radius 3 is 2.40 bits per heavy atom. The van der Waals surface area contributed by atoms with E-state index < -0.39 is 0 Å². The Morgan fingerprint density at radius 2 is 1.87 bits per heavy atom. The van der Waals surface area contributed by atoms with Crippen LogP contribution in [0.3, 0.4) is 0 Å². The van der Waals surface area contributed by atoms with Gasteiger partial charge in [0, 0.05) is 12.0 Å². The van der Waals surface area contributed by atoms with E-state index >= 15 is 0 Å². The topological polar surface area (TPSA) is 85.4 Å². The van der Waals surface area contributed by atoms with Crippen molar-refractivity contribution >= 4 is 11.4 Å². The third-order valence-electron chi connectivity index (χ3n) is 1.93. The molecule has 0 unspecified atom stereocenters. The highest BCUT2D eigenvalue weighted by Crippen LogP contribution is 2.18. The Morgan fingerprint density at radius 1 is 1.20 bits per heavy atom. The third-order valence-corrected chi connectivity index (χ3v) is 1.93. The summed E-state index contributed by atoms with van der Waals surface area (Å²) in [5, 5.41) is 32.8. The summed E-state index contributed by atoms with van der Waals surface area (Å²) in [4.78, 5) is 0. The van der Waals surface area contributed by atoms with Crippen molar-refractivity contribution in [1.82, 2.24) is 0 Å². The predicted octanol–water partition coefficient (Wildman–Crippen LogP) is 1.81. The fourth-order valence-corrected chi connectivity index (χ4v) is 1.18. The van der Waals surface area contributed by atoms with Crippen molar-refractivity contribution in [2.24, 2.45) is 10.3 Å². The van der Waals surface area contributed by atoms with Gasteiger partial charge in [-0.25, -0.2) is 0 Å². The molecule has 0 fully saturated rings. The van der Waals surface area contributed by atoms with Gasteiger partial charge in [0.05, 0.1) is 11.4 Å². The van der Waals surface area contributed by atoms with E-state index in [2.05, 4.69) is 10.3 Å². The zero-order valence-corrected chi connectivity index (χ0v) is 8.25. The number of benzene rings is 1. The molecule has 0 aliphatic rings. The Bertz CT molecular complexity index is 399. The molecule has 3 N–H and O–H groups in total. The van der Waals surface area contributed by atoms with E-state index in [4.69, 9.17) is 10.4 Å². The van der Waals surface area contributed by atoms with Gasteiger partial charge in [-0.2, -0.15) is 0 Å². The minimum absolute atomic E-state index is 0.0241. The number of phenols is 1. The fraction of sp³-hybridized carbons (Fsp3) is 0.200. The lowest BCUT2D eigenvalue weighted by molar-refractivity contribution is 0.315. The number of aromatic hydroxyl groups is 1. The molecule has 0 aromatic heterocycles. The van der Waals surface area contributed by atoms with Gasteiger partial charge in [-0.1, -0.05) is 22.4 Å². The molecule has 0 saturated carbocycles. The lowest BCUT2D eigenvalue weighted by Gasteiger charge is -2.05. The van der Waals surface area contributed by atoms with Gasteiger partial charge >= 0.3 is 0 Å². The second kappa shape index (κ2) is 4.99. The van der Waals surface area contributed by atoms with Crippen LogP contribution in [-0.2, 0) is 0 Å². The molecular weight excluding hydrogens is 196 g/mol. The van der Waals surface area contributed by atoms with Gasteiger partial charge in [-0.3, -0.25) is 0 Å². The number of phenolic OH excluding ortho intramolecular Hbond substituents is 1. The molecule has 80 valence electrons. The van der Waals surface area contributed by atoms with Crippen LogP contribution >= 0.6 is 0 Å². The lowest BCUT2D eigenvalue weighted by Crippen LogP contribution is -2.07.